The van der Waals surface area contributed by atoms with E-state index in [2.05, 4.69) is 15.1 Å². The number of nitrogens with zero attached hydrogens (tertiary/aromatic N) is 4. The van der Waals surface area contributed by atoms with Gasteiger partial charge in [0.15, 0.2) is 5.76 Å². The number of halogens is 1. The van der Waals surface area contributed by atoms with E-state index in [1.54, 1.807) is 30.2 Å². The average Bonchev–Trinajstić information content (AvgIpc) is 3.30. The molecule has 1 atom stereocenters. The summed E-state index contributed by atoms with van der Waals surface area (Å²) >= 11 is 0. The summed E-state index contributed by atoms with van der Waals surface area (Å²) in [4.78, 5) is 23.6. The van der Waals surface area contributed by atoms with Crippen molar-refractivity contribution in [2.75, 3.05) is 6.54 Å². The lowest BCUT2D eigenvalue weighted by atomic mass is 10.0. The van der Waals surface area contributed by atoms with E-state index in [4.69, 9.17) is 4.52 Å². The van der Waals surface area contributed by atoms with E-state index in [0.29, 0.717) is 29.4 Å². The summed E-state index contributed by atoms with van der Waals surface area (Å²) in [5.41, 5.74) is 2.25. The van der Waals surface area contributed by atoms with Crippen molar-refractivity contribution in [3.8, 4) is 11.3 Å². The Bertz CT molecular complexity index is 1000. The molecule has 0 spiro atoms. The van der Waals surface area contributed by atoms with Gasteiger partial charge in [0.05, 0.1) is 28.6 Å². The SMILES string of the molecule is Cc1cc(-c2cnc(C)nc2C2CCCN2C(=O)c2ccccc2F)on1. The van der Waals surface area contributed by atoms with Crippen LogP contribution in [0, 0.1) is 19.7 Å². The maximum atomic E-state index is 14.1. The molecule has 27 heavy (non-hydrogen) atoms. The van der Waals surface area contributed by atoms with Gasteiger partial charge in [-0.1, -0.05) is 17.3 Å². The van der Waals surface area contributed by atoms with Crippen LogP contribution in [0.3, 0.4) is 0 Å². The molecule has 1 aromatic carbocycles. The molecule has 1 fully saturated rings. The monoisotopic (exact) mass is 366 g/mol. The van der Waals surface area contributed by atoms with Crippen molar-refractivity contribution < 1.29 is 13.7 Å². The second kappa shape index (κ2) is 6.90. The molecular weight excluding hydrogens is 347 g/mol. The highest BCUT2D eigenvalue weighted by atomic mass is 19.1. The lowest BCUT2D eigenvalue weighted by Crippen LogP contribution is -2.32. The van der Waals surface area contributed by atoms with Crippen molar-refractivity contribution in [3.05, 3.63) is 65.1 Å². The minimum atomic E-state index is -0.516. The molecule has 0 N–H and O–H groups in total. The lowest BCUT2D eigenvalue weighted by molar-refractivity contribution is 0.0728. The molecule has 1 amide bonds. The number of likely N-dealkylation sites (tertiary alicyclic amines) is 1. The van der Waals surface area contributed by atoms with Crippen LogP contribution in [0.4, 0.5) is 4.39 Å². The van der Waals surface area contributed by atoms with E-state index in [1.807, 2.05) is 13.0 Å². The molecule has 0 radical (unpaired) electrons. The van der Waals surface area contributed by atoms with E-state index in [1.165, 1.54) is 12.1 Å². The Labute approximate surface area is 156 Å². The Morgan fingerprint density at radius 3 is 2.85 bits per heavy atom. The smallest absolute Gasteiger partial charge is 0.257 e. The van der Waals surface area contributed by atoms with Crippen molar-refractivity contribution in [2.45, 2.75) is 32.7 Å². The molecule has 0 bridgehead atoms. The molecule has 0 saturated carbocycles. The molecule has 1 aliphatic heterocycles. The number of hydrogen-bond acceptors (Lipinski definition) is 5. The van der Waals surface area contributed by atoms with E-state index >= 15 is 0 Å². The van der Waals surface area contributed by atoms with Gasteiger partial charge in [0.1, 0.15) is 11.6 Å². The third-order valence-electron chi connectivity index (χ3n) is 4.77. The standard InChI is InChI=1S/C20H19FN4O2/c1-12-10-18(27-24-12)15-11-22-13(2)23-19(15)17-8-5-9-25(17)20(26)14-6-3-4-7-16(14)21/h3-4,6-7,10-11,17H,5,8-9H2,1-2H3. The van der Waals surface area contributed by atoms with Gasteiger partial charge in [-0.2, -0.15) is 0 Å². The normalized spacial score (nSPS) is 16.7. The fourth-order valence-electron chi connectivity index (χ4n) is 3.51. The molecule has 2 aromatic heterocycles. The van der Waals surface area contributed by atoms with Gasteiger partial charge in [-0.15, -0.1) is 0 Å². The van der Waals surface area contributed by atoms with Crippen LogP contribution >= 0.6 is 0 Å². The van der Waals surface area contributed by atoms with Crippen LogP contribution in [0.15, 0.2) is 41.1 Å². The molecule has 1 saturated heterocycles. The molecule has 0 aliphatic carbocycles. The first-order valence-corrected chi connectivity index (χ1v) is 8.87. The number of amides is 1. The highest BCUT2D eigenvalue weighted by molar-refractivity contribution is 5.95. The topological polar surface area (TPSA) is 72.1 Å². The van der Waals surface area contributed by atoms with Crippen LogP contribution in [-0.4, -0.2) is 32.5 Å². The lowest BCUT2D eigenvalue weighted by Gasteiger charge is -2.26. The van der Waals surface area contributed by atoms with Crippen molar-refractivity contribution in [1.29, 1.82) is 0 Å². The molecular formula is C20H19FN4O2. The average molecular weight is 366 g/mol. The molecule has 6 nitrogen and oxygen atoms in total. The van der Waals surface area contributed by atoms with Crippen LogP contribution in [-0.2, 0) is 0 Å². The molecule has 1 aliphatic rings. The van der Waals surface area contributed by atoms with Crippen molar-refractivity contribution in [2.24, 2.45) is 0 Å². The number of hydrogen-bond donors (Lipinski definition) is 0. The molecule has 3 heterocycles. The fourth-order valence-corrected chi connectivity index (χ4v) is 3.51. The zero-order valence-corrected chi connectivity index (χ0v) is 15.1. The first kappa shape index (κ1) is 17.3. The predicted octanol–water partition coefficient (Wildman–Crippen LogP) is 3.86. The molecule has 7 heteroatoms. The maximum absolute atomic E-state index is 14.1. The van der Waals surface area contributed by atoms with Gasteiger partial charge in [-0.05, 0) is 38.8 Å². The largest absolute Gasteiger partial charge is 0.356 e. The van der Waals surface area contributed by atoms with Gasteiger partial charge in [0, 0.05) is 18.8 Å². The van der Waals surface area contributed by atoms with Crippen LogP contribution < -0.4 is 0 Å². The zero-order chi connectivity index (χ0) is 19.0. The Morgan fingerprint density at radius 1 is 1.30 bits per heavy atom. The first-order valence-electron chi connectivity index (χ1n) is 8.87. The van der Waals surface area contributed by atoms with Crippen LogP contribution in [0.25, 0.3) is 11.3 Å². The number of carbonyl (C=O) groups excluding carboxylic acids is 1. The Morgan fingerprint density at radius 2 is 2.11 bits per heavy atom. The fraction of sp³-hybridized carbons (Fsp3) is 0.300. The number of aromatic nitrogens is 3. The van der Waals surface area contributed by atoms with Gasteiger partial charge in [-0.3, -0.25) is 4.79 Å². The third kappa shape index (κ3) is 3.20. The highest BCUT2D eigenvalue weighted by Gasteiger charge is 2.35. The second-order valence-corrected chi connectivity index (χ2v) is 6.69. The van der Waals surface area contributed by atoms with Crippen molar-refractivity contribution in [3.63, 3.8) is 0 Å². The van der Waals surface area contributed by atoms with Crippen LogP contribution in [0.5, 0.6) is 0 Å². The Balaban J connectivity index is 1.75. The molecule has 3 aromatic rings. The Kier molecular flexibility index (Phi) is 4.43. The minimum Gasteiger partial charge on any atom is -0.356 e. The quantitative estimate of drug-likeness (QED) is 0.704. The summed E-state index contributed by atoms with van der Waals surface area (Å²) in [6.45, 7) is 4.19. The summed E-state index contributed by atoms with van der Waals surface area (Å²) in [5.74, 6) is 0.326. The number of carbonyl (C=O) groups is 1. The van der Waals surface area contributed by atoms with E-state index < -0.39 is 5.82 Å². The van der Waals surface area contributed by atoms with Gasteiger partial charge in [-0.25, -0.2) is 14.4 Å². The van der Waals surface area contributed by atoms with E-state index in [0.717, 1.165) is 18.5 Å². The van der Waals surface area contributed by atoms with Crippen LogP contribution in [0.1, 0.15) is 46.5 Å². The van der Waals surface area contributed by atoms with E-state index in [-0.39, 0.29) is 17.5 Å². The van der Waals surface area contributed by atoms with Gasteiger partial charge in [0.2, 0.25) is 0 Å². The first-order chi connectivity index (χ1) is 13.0. The van der Waals surface area contributed by atoms with E-state index in [9.17, 15) is 9.18 Å². The summed E-state index contributed by atoms with van der Waals surface area (Å²) in [7, 11) is 0. The van der Waals surface area contributed by atoms with Crippen molar-refractivity contribution >= 4 is 5.91 Å². The highest BCUT2D eigenvalue weighted by Crippen LogP contribution is 2.37. The molecule has 138 valence electrons. The number of aryl methyl sites for hydroxylation is 2. The number of benzene rings is 1. The minimum absolute atomic E-state index is 0.0761. The molecule has 1 unspecified atom stereocenters. The third-order valence-corrected chi connectivity index (χ3v) is 4.77. The summed E-state index contributed by atoms with van der Waals surface area (Å²) in [6.07, 6.45) is 3.27. The van der Waals surface area contributed by atoms with Gasteiger partial charge in [0.25, 0.3) is 5.91 Å². The molecule has 4 rings (SSSR count). The summed E-state index contributed by atoms with van der Waals surface area (Å²) < 4.78 is 19.5. The van der Waals surface area contributed by atoms with Gasteiger partial charge >= 0.3 is 0 Å². The summed E-state index contributed by atoms with van der Waals surface area (Å²) in [6, 6.07) is 7.61. The maximum Gasteiger partial charge on any atom is 0.257 e. The number of rotatable bonds is 3. The van der Waals surface area contributed by atoms with Crippen LogP contribution in [0.2, 0.25) is 0 Å². The second-order valence-electron chi connectivity index (χ2n) is 6.69. The summed E-state index contributed by atoms with van der Waals surface area (Å²) in [5, 5.41) is 3.94. The zero-order valence-electron chi connectivity index (χ0n) is 15.1. The van der Waals surface area contributed by atoms with Gasteiger partial charge < -0.3 is 9.42 Å². The van der Waals surface area contributed by atoms with Crippen molar-refractivity contribution in [1.82, 2.24) is 20.0 Å². The Hall–Kier alpha value is -3.09. The predicted molar refractivity (Wildman–Crippen MR) is 96.4 cm³/mol.